The van der Waals surface area contributed by atoms with E-state index in [0.29, 0.717) is 18.8 Å². The number of hydrogen-bond acceptors (Lipinski definition) is 7. The first-order valence-corrected chi connectivity index (χ1v) is 8.26. The third kappa shape index (κ3) is 3.01. The number of ether oxygens (including phenoxy) is 1. The van der Waals surface area contributed by atoms with E-state index in [1.54, 1.807) is 21.7 Å². The summed E-state index contributed by atoms with van der Waals surface area (Å²) in [5.41, 5.74) is 0.813. The van der Waals surface area contributed by atoms with Gasteiger partial charge < -0.3 is 14.2 Å². The van der Waals surface area contributed by atoms with Crippen LogP contribution in [0, 0.1) is 6.92 Å². The van der Waals surface area contributed by atoms with Crippen molar-refractivity contribution in [1.29, 1.82) is 0 Å². The fraction of sp³-hybridized carbons (Fsp3) is 0.375. The summed E-state index contributed by atoms with van der Waals surface area (Å²) in [5, 5.41) is 19.3. The Morgan fingerprint density at radius 3 is 2.81 bits per heavy atom. The zero-order chi connectivity index (χ0) is 18.1. The molecule has 0 fully saturated rings. The van der Waals surface area contributed by atoms with Gasteiger partial charge in [-0.25, -0.2) is 4.68 Å². The predicted octanol–water partition coefficient (Wildman–Crippen LogP) is 0.544. The quantitative estimate of drug-likeness (QED) is 0.673. The second kappa shape index (κ2) is 6.54. The molecule has 4 rings (SSSR count). The second-order valence-electron chi connectivity index (χ2n) is 6.19. The molecule has 1 amide bonds. The van der Waals surface area contributed by atoms with Crippen molar-refractivity contribution in [1.82, 2.24) is 39.9 Å². The lowest BCUT2D eigenvalue weighted by Gasteiger charge is -2.32. The highest BCUT2D eigenvalue weighted by molar-refractivity contribution is 5.77. The van der Waals surface area contributed by atoms with E-state index in [4.69, 9.17) is 4.74 Å². The number of hydrogen-bond donors (Lipinski definition) is 0. The lowest BCUT2D eigenvalue weighted by molar-refractivity contribution is -0.135. The first-order chi connectivity index (χ1) is 12.6. The Labute approximate surface area is 149 Å². The third-order valence-corrected chi connectivity index (χ3v) is 4.36. The van der Waals surface area contributed by atoms with E-state index in [9.17, 15) is 4.79 Å². The van der Waals surface area contributed by atoms with Gasteiger partial charge in [-0.2, -0.15) is 0 Å². The summed E-state index contributed by atoms with van der Waals surface area (Å²) < 4.78 is 9.24. The van der Waals surface area contributed by atoms with Crippen molar-refractivity contribution in [2.75, 3.05) is 13.2 Å². The fourth-order valence-corrected chi connectivity index (χ4v) is 3.13. The number of carbonyl (C=O) groups excluding carboxylic acids is 1. The van der Waals surface area contributed by atoms with Crippen molar-refractivity contribution >= 4 is 5.91 Å². The van der Waals surface area contributed by atoms with Crippen LogP contribution in [0.1, 0.15) is 24.6 Å². The molecule has 3 heterocycles. The van der Waals surface area contributed by atoms with Crippen LogP contribution in [0.4, 0.5) is 0 Å². The molecule has 0 radical (unpaired) electrons. The molecule has 2 aromatic heterocycles. The molecule has 1 atom stereocenters. The molecule has 0 saturated carbocycles. The molecule has 0 saturated heterocycles. The van der Waals surface area contributed by atoms with Gasteiger partial charge >= 0.3 is 0 Å². The summed E-state index contributed by atoms with van der Waals surface area (Å²) in [6.07, 6.45) is 1.51. The maximum absolute atomic E-state index is 12.5. The lowest BCUT2D eigenvalue weighted by atomic mass is 10.2. The number of fused-ring (bicyclic) bond motifs is 1. The van der Waals surface area contributed by atoms with Gasteiger partial charge in [-0.05, 0) is 48.5 Å². The molecule has 1 aliphatic heterocycles. The molecule has 0 aliphatic carbocycles. The number of aromatic nitrogens is 7. The zero-order valence-corrected chi connectivity index (χ0v) is 14.5. The minimum atomic E-state index is -0.0756. The minimum Gasteiger partial charge on any atom is -0.484 e. The minimum absolute atomic E-state index is 0.0237. The molecule has 10 nitrogen and oxygen atoms in total. The van der Waals surface area contributed by atoms with Crippen LogP contribution in [0.5, 0.6) is 5.75 Å². The summed E-state index contributed by atoms with van der Waals surface area (Å²) in [4.78, 5) is 14.3. The van der Waals surface area contributed by atoms with E-state index in [1.165, 1.54) is 6.33 Å². The van der Waals surface area contributed by atoms with Gasteiger partial charge in [0.05, 0.1) is 18.3 Å². The Bertz CT molecular complexity index is 903. The van der Waals surface area contributed by atoms with Crippen LogP contribution in [0.15, 0.2) is 30.6 Å². The van der Waals surface area contributed by atoms with Gasteiger partial charge in [-0.3, -0.25) is 4.79 Å². The van der Waals surface area contributed by atoms with Crippen LogP contribution in [0.3, 0.4) is 0 Å². The highest BCUT2D eigenvalue weighted by Crippen LogP contribution is 2.21. The van der Waals surface area contributed by atoms with Gasteiger partial charge in [0, 0.05) is 6.54 Å². The number of nitrogens with zero attached hydrogens (tertiary/aromatic N) is 8. The van der Waals surface area contributed by atoms with E-state index in [-0.39, 0.29) is 18.6 Å². The van der Waals surface area contributed by atoms with Gasteiger partial charge in [0.1, 0.15) is 17.9 Å². The lowest BCUT2D eigenvalue weighted by Crippen LogP contribution is -2.42. The van der Waals surface area contributed by atoms with Crippen LogP contribution in [0.25, 0.3) is 5.69 Å². The first-order valence-electron chi connectivity index (χ1n) is 8.26. The fourth-order valence-electron chi connectivity index (χ4n) is 3.13. The number of tetrazole rings is 1. The average molecular weight is 354 g/mol. The molecule has 0 unspecified atom stereocenters. The van der Waals surface area contributed by atoms with E-state index in [2.05, 4.69) is 37.2 Å². The van der Waals surface area contributed by atoms with Gasteiger partial charge in [-0.15, -0.1) is 15.3 Å². The molecule has 1 aromatic carbocycles. The van der Waals surface area contributed by atoms with Crippen LogP contribution in [0.2, 0.25) is 0 Å². The molecular weight excluding hydrogens is 336 g/mol. The average Bonchev–Trinajstić information content (AvgIpc) is 3.30. The Hall–Kier alpha value is -3.30. The maximum Gasteiger partial charge on any atom is 0.260 e. The Morgan fingerprint density at radius 1 is 1.27 bits per heavy atom. The second-order valence-corrected chi connectivity index (χ2v) is 6.19. The molecule has 26 heavy (non-hydrogen) atoms. The van der Waals surface area contributed by atoms with Gasteiger partial charge in [-0.1, -0.05) is 0 Å². The van der Waals surface area contributed by atoms with Crippen molar-refractivity contribution < 1.29 is 9.53 Å². The van der Waals surface area contributed by atoms with E-state index in [0.717, 1.165) is 17.3 Å². The number of rotatable bonds is 4. The van der Waals surface area contributed by atoms with Crippen LogP contribution in [-0.4, -0.2) is 58.9 Å². The monoisotopic (exact) mass is 354 g/mol. The topological polar surface area (TPSA) is 104 Å². The molecule has 0 N–H and O–H groups in total. The number of aryl methyl sites for hydroxylation is 1. The summed E-state index contributed by atoms with van der Waals surface area (Å²) in [7, 11) is 0. The Balaban J connectivity index is 1.37. The first kappa shape index (κ1) is 16.2. The largest absolute Gasteiger partial charge is 0.484 e. The van der Waals surface area contributed by atoms with Crippen LogP contribution < -0.4 is 4.74 Å². The van der Waals surface area contributed by atoms with E-state index in [1.807, 2.05) is 19.1 Å². The molecular formula is C16H18N8O2. The normalized spacial score (nSPS) is 16.4. The highest BCUT2D eigenvalue weighted by Gasteiger charge is 2.28. The van der Waals surface area contributed by atoms with Crippen molar-refractivity contribution in [3.8, 4) is 11.4 Å². The molecule has 134 valence electrons. The summed E-state index contributed by atoms with van der Waals surface area (Å²) in [6, 6.07) is 7.36. The SMILES string of the molecule is Cc1nnc2n1[C@@H](C)CN(C(=O)COc1ccc(-n3cnnn3)cc1)C2. The predicted molar refractivity (Wildman–Crippen MR) is 89.5 cm³/mol. The summed E-state index contributed by atoms with van der Waals surface area (Å²) >= 11 is 0. The standard InChI is InChI=1S/C16H18N8O2/c1-11-7-22(8-15-19-18-12(2)24(11)15)16(25)9-26-14-5-3-13(4-6-14)23-10-17-20-21-23/h3-6,10-11H,7-9H2,1-2H3/t11-/m0/s1. The van der Waals surface area contributed by atoms with Crippen LogP contribution >= 0.6 is 0 Å². The molecule has 3 aromatic rings. The van der Waals surface area contributed by atoms with Crippen molar-refractivity contribution in [3.63, 3.8) is 0 Å². The smallest absolute Gasteiger partial charge is 0.260 e. The summed E-state index contributed by atoms with van der Waals surface area (Å²) in [5.74, 6) is 2.21. The van der Waals surface area contributed by atoms with Gasteiger partial charge in [0.2, 0.25) is 0 Å². The van der Waals surface area contributed by atoms with E-state index < -0.39 is 0 Å². The molecule has 1 aliphatic rings. The number of carbonyl (C=O) groups is 1. The number of amides is 1. The zero-order valence-electron chi connectivity index (χ0n) is 14.5. The summed E-state index contributed by atoms with van der Waals surface area (Å²) in [6.45, 7) is 5.02. The Kier molecular flexibility index (Phi) is 4.07. The van der Waals surface area contributed by atoms with Gasteiger partial charge in [0.25, 0.3) is 5.91 Å². The van der Waals surface area contributed by atoms with E-state index >= 15 is 0 Å². The van der Waals surface area contributed by atoms with Crippen LogP contribution in [-0.2, 0) is 11.3 Å². The van der Waals surface area contributed by atoms with Gasteiger partial charge in [0.15, 0.2) is 12.4 Å². The highest BCUT2D eigenvalue weighted by atomic mass is 16.5. The van der Waals surface area contributed by atoms with Crippen molar-refractivity contribution in [2.45, 2.75) is 26.4 Å². The Morgan fingerprint density at radius 2 is 2.08 bits per heavy atom. The molecule has 10 heteroatoms. The molecule has 0 spiro atoms. The van der Waals surface area contributed by atoms with Crippen molar-refractivity contribution in [2.24, 2.45) is 0 Å². The third-order valence-electron chi connectivity index (χ3n) is 4.36. The van der Waals surface area contributed by atoms with Crippen molar-refractivity contribution in [3.05, 3.63) is 42.2 Å². The molecule has 0 bridgehead atoms. The maximum atomic E-state index is 12.5. The number of benzene rings is 1.